The third kappa shape index (κ3) is 6.18. The Bertz CT molecular complexity index is 1060. The van der Waals surface area contributed by atoms with Crippen LogP contribution in [0.4, 0.5) is 0 Å². The molecule has 1 aromatic carbocycles. The fourth-order valence-electron chi connectivity index (χ4n) is 2.48. The van der Waals surface area contributed by atoms with Crippen LogP contribution in [0.15, 0.2) is 57.0 Å². The molecule has 2 heterocycles. The van der Waals surface area contributed by atoms with Crippen molar-refractivity contribution in [1.29, 1.82) is 0 Å². The molecule has 0 aliphatic rings. The zero-order valence-electron chi connectivity index (χ0n) is 16.3. The summed E-state index contributed by atoms with van der Waals surface area (Å²) in [4.78, 5) is 32.8. The maximum atomic E-state index is 12.2. The number of ether oxygens (including phenoxy) is 2. The van der Waals surface area contributed by atoms with Crippen molar-refractivity contribution in [2.75, 3.05) is 6.61 Å². The average molecular weight is 412 g/mol. The predicted molar refractivity (Wildman–Crippen MR) is 108 cm³/mol. The average Bonchev–Trinajstić information content (AvgIpc) is 2.66. The van der Waals surface area contributed by atoms with Crippen molar-refractivity contribution in [2.24, 2.45) is 0 Å². The number of benzene rings is 1. The first kappa shape index (κ1) is 20.6. The molecular formula is C21H20N2O5S. The summed E-state index contributed by atoms with van der Waals surface area (Å²) in [6.45, 7) is 5.39. The molecule has 8 heteroatoms. The fourth-order valence-corrected chi connectivity index (χ4v) is 3.32. The fraction of sp³-hybridized carbons (Fsp3) is 0.238. The third-order valence-corrected chi connectivity index (χ3v) is 4.60. The molecule has 3 aromatic rings. The first-order chi connectivity index (χ1) is 13.9. The second-order valence-electron chi connectivity index (χ2n) is 6.38. The van der Waals surface area contributed by atoms with Gasteiger partial charge in [0, 0.05) is 17.5 Å². The van der Waals surface area contributed by atoms with Crippen LogP contribution in [-0.4, -0.2) is 22.5 Å². The molecule has 0 saturated heterocycles. The van der Waals surface area contributed by atoms with Crippen LogP contribution >= 0.6 is 11.8 Å². The first-order valence-corrected chi connectivity index (χ1v) is 9.84. The van der Waals surface area contributed by atoms with Gasteiger partial charge >= 0.3 is 5.97 Å². The lowest BCUT2D eigenvalue weighted by Gasteiger charge is -2.07. The lowest BCUT2D eigenvalue weighted by molar-refractivity contribution is -0.136. The molecule has 0 radical (unpaired) electrons. The number of aryl methyl sites for hydroxylation is 3. The Morgan fingerprint density at radius 2 is 1.86 bits per heavy atom. The van der Waals surface area contributed by atoms with Gasteiger partial charge in [-0.1, -0.05) is 23.9 Å². The number of thioether (sulfide) groups is 1. The van der Waals surface area contributed by atoms with Crippen molar-refractivity contribution < 1.29 is 18.7 Å². The highest BCUT2D eigenvalue weighted by molar-refractivity contribution is 7.98. The molecule has 0 amide bonds. The Balaban J connectivity index is 1.56. The number of hydrogen-bond donors (Lipinski definition) is 0. The minimum absolute atomic E-state index is 0.181. The number of carbonyl (C=O) groups is 1. The quantitative estimate of drug-likeness (QED) is 0.330. The highest BCUT2D eigenvalue weighted by Gasteiger charge is 2.12. The molecule has 0 saturated carbocycles. The Kier molecular flexibility index (Phi) is 6.66. The van der Waals surface area contributed by atoms with Crippen LogP contribution in [-0.2, 0) is 10.5 Å². The highest BCUT2D eigenvalue weighted by atomic mass is 32.2. The van der Waals surface area contributed by atoms with Crippen LogP contribution in [0.2, 0.25) is 0 Å². The van der Waals surface area contributed by atoms with Crippen molar-refractivity contribution in [3.63, 3.8) is 0 Å². The molecule has 7 nitrogen and oxygen atoms in total. The summed E-state index contributed by atoms with van der Waals surface area (Å²) in [5.41, 5.74) is 2.31. The van der Waals surface area contributed by atoms with E-state index >= 15 is 0 Å². The van der Waals surface area contributed by atoms with Crippen LogP contribution in [0.1, 0.15) is 22.7 Å². The molecule has 3 rings (SSSR count). The predicted octanol–water partition coefficient (Wildman–Crippen LogP) is 3.63. The van der Waals surface area contributed by atoms with Crippen molar-refractivity contribution in [2.45, 2.75) is 31.7 Å². The van der Waals surface area contributed by atoms with E-state index in [0.29, 0.717) is 22.4 Å². The molecule has 29 heavy (non-hydrogen) atoms. The second-order valence-corrected chi connectivity index (χ2v) is 7.32. The van der Waals surface area contributed by atoms with E-state index in [1.807, 2.05) is 39.0 Å². The van der Waals surface area contributed by atoms with Crippen LogP contribution in [0.5, 0.6) is 11.5 Å². The van der Waals surface area contributed by atoms with E-state index in [4.69, 9.17) is 13.9 Å². The van der Waals surface area contributed by atoms with Gasteiger partial charge in [-0.05, 0) is 44.5 Å². The van der Waals surface area contributed by atoms with Crippen molar-refractivity contribution >= 4 is 17.7 Å². The van der Waals surface area contributed by atoms with E-state index in [0.717, 1.165) is 23.2 Å². The number of rotatable bonds is 7. The van der Waals surface area contributed by atoms with Crippen LogP contribution in [0, 0.1) is 20.8 Å². The Morgan fingerprint density at radius 1 is 1.10 bits per heavy atom. The van der Waals surface area contributed by atoms with Gasteiger partial charge < -0.3 is 13.9 Å². The second kappa shape index (κ2) is 9.38. The highest BCUT2D eigenvalue weighted by Crippen LogP contribution is 2.20. The smallest absolute Gasteiger partial charge is 0.349 e. The van der Waals surface area contributed by atoms with Gasteiger partial charge in [0.15, 0.2) is 11.8 Å². The minimum Gasteiger partial charge on any atom is -0.482 e. The van der Waals surface area contributed by atoms with E-state index < -0.39 is 11.4 Å². The lowest BCUT2D eigenvalue weighted by Crippen LogP contribution is -2.20. The summed E-state index contributed by atoms with van der Waals surface area (Å²) in [5, 5.41) is 0.606. The van der Waals surface area contributed by atoms with Crippen molar-refractivity contribution in [3.05, 3.63) is 75.6 Å². The van der Waals surface area contributed by atoms with Crippen LogP contribution in [0.3, 0.4) is 0 Å². The molecular weight excluding hydrogens is 392 g/mol. The molecule has 150 valence electrons. The van der Waals surface area contributed by atoms with Gasteiger partial charge in [-0.3, -0.25) is 4.79 Å². The van der Waals surface area contributed by atoms with Crippen molar-refractivity contribution in [1.82, 2.24) is 9.97 Å². The Hall–Kier alpha value is -3.13. The summed E-state index contributed by atoms with van der Waals surface area (Å²) >= 11 is 1.35. The number of hydrogen-bond acceptors (Lipinski definition) is 8. The van der Waals surface area contributed by atoms with Crippen molar-refractivity contribution in [3.8, 4) is 11.5 Å². The molecule has 0 bridgehead atoms. The van der Waals surface area contributed by atoms with Gasteiger partial charge in [-0.25, -0.2) is 14.8 Å². The monoisotopic (exact) mass is 412 g/mol. The van der Waals surface area contributed by atoms with Crippen LogP contribution in [0.25, 0.3) is 0 Å². The Morgan fingerprint density at radius 3 is 2.55 bits per heavy atom. The van der Waals surface area contributed by atoms with Gasteiger partial charge in [0.25, 0.3) is 0 Å². The summed E-state index contributed by atoms with van der Waals surface area (Å²) in [6, 6.07) is 10.5. The first-order valence-electron chi connectivity index (χ1n) is 8.86. The van der Waals surface area contributed by atoms with Gasteiger partial charge in [0.2, 0.25) is 11.2 Å². The minimum atomic E-state index is -0.690. The zero-order valence-corrected chi connectivity index (χ0v) is 17.1. The van der Waals surface area contributed by atoms with Gasteiger partial charge in [0.05, 0.1) is 5.75 Å². The van der Waals surface area contributed by atoms with E-state index in [9.17, 15) is 9.59 Å². The number of nitrogens with zero attached hydrogens (tertiary/aromatic N) is 2. The lowest BCUT2D eigenvalue weighted by atomic mass is 10.2. The van der Waals surface area contributed by atoms with Crippen LogP contribution < -0.4 is 14.9 Å². The maximum Gasteiger partial charge on any atom is 0.349 e. The molecule has 0 atom stereocenters. The van der Waals surface area contributed by atoms with E-state index in [1.54, 1.807) is 12.1 Å². The molecule has 0 unspecified atom stereocenters. The number of carbonyl (C=O) groups excluding carboxylic acids is 1. The molecule has 0 aliphatic carbocycles. The van der Waals surface area contributed by atoms with Gasteiger partial charge in [-0.15, -0.1) is 0 Å². The molecule has 2 aromatic heterocycles. The van der Waals surface area contributed by atoms with Gasteiger partial charge in [0.1, 0.15) is 17.8 Å². The zero-order chi connectivity index (χ0) is 20.8. The maximum absolute atomic E-state index is 12.2. The number of esters is 1. The normalized spacial score (nSPS) is 10.6. The number of aromatic nitrogens is 2. The largest absolute Gasteiger partial charge is 0.482 e. The Labute approximate surface area is 172 Å². The summed E-state index contributed by atoms with van der Waals surface area (Å²) in [7, 11) is 0. The molecule has 0 spiro atoms. The topological polar surface area (TPSA) is 91.5 Å². The van der Waals surface area contributed by atoms with E-state index in [2.05, 4.69) is 9.97 Å². The summed E-state index contributed by atoms with van der Waals surface area (Å²) in [5.74, 6) is 0.486. The third-order valence-electron chi connectivity index (χ3n) is 3.73. The summed E-state index contributed by atoms with van der Waals surface area (Å²) in [6.07, 6.45) is 1.13. The molecule has 0 aliphatic heterocycles. The molecule has 0 fully saturated rings. The van der Waals surface area contributed by atoms with Gasteiger partial charge in [-0.2, -0.15) is 0 Å². The SMILES string of the molecule is Cc1cccc(OCC(=O)Oc2coc(CSc3nc(C)cc(C)n3)cc2=O)c1. The van der Waals surface area contributed by atoms with E-state index in [1.165, 1.54) is 17.8 Å². The van der Waals surface area contributed by atoms with E-state index in [-0.39, 0.29) is 12.4 Å². The standard InChI is InChI=1S/C21H20N2O5S/c1-13-5-4-6-16(7-13)27-11-20(25)28-19-10-26-17(9-18(19)24)12-29-21-22-14(2)8-15(3)23-21/h4-10H,11-12H2,1-3H3. The summed E-state index contributed by atoms with van der Waals surface area (Å²) < 4.78 is 15.8. The molecule has 0 N–H and O–H groups in total.